The van der Waals surface area contributed by atoms with Crippen LogP contribution >= 0.6 is 0 Å². The van der Waals surface area contributed by atoms with Crippen LogP contribution in [-0.2, 0) is 0 Å². The molecule has 2 aliphatic rings. The van der Waals surface area contributed by atoms with E-state index in [1.807, 2.05) is 0 Å². The van der Waals surface area contributed by atoms with Gasteiger partial charge in [-0.1, -0.05) is 45.4 Å². The number of benzene rings is 1. The third-order valence-electron chi connectivity index (χ3n) is 7.17. The van der Waals surface area contributed by atoms with Crippen molar-refractivity contribution in [3.05, 3.63) is 29.8 Å². The average molecular weight is 415 g/mol. The Bertz CT molecular complexity index is 632. The van der Waals surface area contributed by atoms with Gasteiger partial charge in [-0.15, -0.1) is 0 Å². The molecule has 0 amide bonds. The van der Waals surface area contributed by atoms with E-state index in [1.165, 1.54) is 51.4 Å². The van der Waals surface area contributed by atoms with Crippen LogP contribution < -0.4 is 4.74 Å². The predicted molar refractivity (Wildman–Crippen MR) is 107 cm³/mol. The maximum Gasteiger partial charge on any atom is 0.400 e. The lowest BCUT2D eigenvalue weighted by Crippen LogP contribution is -2.38. The molecule has 2 saturated carbocycles. The Balaban J connectivity index is 1.44. The topological polar surface area (TPSA) is 9.23 Å². The Hall–Kier alpha value is -1.26. The summed E-state index contributed by atoms with van der Waals surface area (Å²) < 4.78 is 60.2. The van der Waals surface area contributed by atoms with Crippen LogP contribution in [0, 0.1) is 35.3 Å². The molecular formula is C24H34F4O. The van der Waals surface area contributed by atoms with Gasteiger partial charge in [0.2, 0.25) is 0 Å². The van der Waals surface area contributed by atoms with Gasteiger partial charge in [-0.05, 0) is 68.4 Å². The Labute approximate surface area is 172 Å². The second kappa shape index (κ2) is 10.2. The van der Waals surface area contributed by atoms with Gasteiger partial charge in [-0.2, -0.15) is 8.78 Å². The van der Waals surface area contributed by atoms with Crippen molar-refractivity contribution in [2.75, 3.05) is 0 Å². The molecule has 0 atom stereocenters. The summed E-state index contributed by atoms with van der Waals surface area (Å²) in [6, 6.07) is 2.56. The van der Waals surface area contributed by atoms with Crippen LogP contribution in [0.5, 0.6) is 5.75 Å². The van der Waals surface area contributed by atoms with Crippen LogP contribution in [0.1, 0.15) is 84.0 Å². The van der Waals surface area contributed by atoms with E-state index >= 15 is 0 Å². The lowest BCUT2D eigenvalue weighted by Gasteiger charge is -2.39. The van der Waals surface area contributed by atoms with E-state index in [0.717, 1.165) is 30.9 Å². The van der Waals surface area contributed by atoms with Gasteiger partial charge in [0, 0.05) is 6.07 Å². The highest BCUT2D eigenvalue weighted by Crippen LogP contribution is 2.46. The molecule has 0 unspecified atom stereocenters. The van der Waals surface area contributed by atoms with E-state index in [2.05, 4.69) is 6.92 Å². The summed E-state index contributed by atoms with van der Waals surface area (Å²) in [4.78, 5) is 0. The second-order valence-electron chi connectivity index (χ2n) is 9.13. The van der Waals surface area contributed by atoms with Gasteiger partial charge in [0.25, 0.3) is 0 Å². The summed E-state index contributed by atoms with van der Waals surface area (Å²) in [6.07, 6.45) is 9.48. The van der Waals surface area contributed by atoms with Gasteiger partial charge in [0.05, 0.1) is 5.92 Å². The standard InChI is InChI=1S/C24H34F4O/c1-2-3-4-5-17-6-8-18(9-7-17)19-10-12-20(13-11-19)24(27,28)29-21-14-15-22(25)23(26)16-21/h14-20H,2-13H2,1H3. The highest BCUT2D eigenvalue weighted by Gasteiger charge is 2.45. The van der Waals surface area contributed by atoms with Gasteiger partial charge in [-0.25, -0.2) is 8.78 Å². The van der Waals surface area contributed by atoms with Crippen LogP contribution in [0.25, 0.3) is 0 Å². The Morgan fingerprint density at radius 1 is 0.862 bits per heavy atom. The SMILES string of the molecule is CCCCCC1CCC(C2CCC(C(F)(F)Oc3ccc(F)c(F)c3)CC2)CC1. The van der Waals surface area contributed by atoms with Gasteiger partial charge >= 0.3 is 6.11 Å². The number of alkyl halides is 2. The zero-order valence-electron chi connectivity index (χ0n) is 17.4. The molecule has 0 aliphatic heterocycles. The normalized spacial score (nSPS) is 28.3. The average Bonchev–Trinajstić information content (AvgIpc) is 2.71. The zero-order valence-corrected chi connectivity index (χ0v) is 17.4. The summed E-state index contributed by atoms with van der Waals surface area (Å²) in [5, 5.41) is 0. The van der Waals surface area contributed by atoms with E-state index < -0.39 is 23.7 Å². The first-order chi connectivity index (χ1) is 13.9. The van der Waals surface area contributed by atoms with E-state index in [-0.39, 0.29) is 5.75 Å². The van der Waals surface area contributed by atoms with E-state index in [0.29, 0.717) is 30.7 Å². The lowest BCUT2D eigenvalue weighted by atomic mass is 9.68. The summed E-state index contributed by atoms with van der Waals surface area (Å²) in [5.41, 5.74) is 0. The molecule has 1 nitrogen and oxygen atoms in total. The molecule has 164 valence electrons. The monoisotopic (exact) mass is 414 g/mol. The number of unbranched alkanes of at least 4 members (excludes halogenated alkanes) is 2. The smallest absolute Gasteiger partial charge is 0.400 e. The van der Waals surface area contributed by atoms with Crippen molar-refractivity contribution in [3.63, 3.8) is 0 Å². The van der Waals surface area contributed by atoms with Gasteiger partial charge in [0.1, 0.15) is 5.75 Å². The molecule has 0 bridgehead atoms. The molecule has 3 rings (SSSR count). The fourth-order valence-electron chi connectivity index (χ4n) is 5.34. The van der Waals surface area contributed by atoms with Gasteiger partial charge in [0.15, 0.2) is 11.6 Å². The van der Waals surface area contributed by atoms with Crippen molar-refractivity contribution in [3.8, 4) is 5.75 Å². The lowest BCUT2D eigenvalue weighted by molar-refractivity contribution is -0.224. The van der Waals surface area contributed by atoms with Crippen LogP contribution in [0.2, 0.25) is 0 Å². The van der Waals surface area contributed by atoms with Crippen LogP contribution in [0.4, 0.5) is 17.6 Å². The molecule has 0 N–H and O–H groups in total. The van der Waals surface area contributed by atoms with Crippen molar-refractivity contribution in [2.24, 2.45) is 23.7 Å². The Morgan fingerprint density at radius 3 is 2.07 bits per heavy atom. The molecular weight excluding hydrogens is 380 g/mol. The van der Waals surface area contributed by atoms with Crippen molar-refractivity contribution < 1.29 is 22.3 Å². The minimum Gasteiger partial charge on any atom is -0.432 e. The largest absolute Gasteiger partial charge is 0.432 e. The molecule has 0 saturated heterocycles. The van der Waals surface area contributed by atoms with E-state index in [4.69, 9.17) is 4.74 Å². The zero-order chi connectivity index (χ0) is 20.9. The van der Waals surface area contributed by atoms with Crippen molar-refractivity contribution in [2.45, 2.75) is 90.1 Å². The summed E-state index contributed by atoms with van der Waals surface area (Å²) >= 11 is 0. The van der Waals surface area contributed by atoms with E-state index in [9.17, 15) is 17.6 Å². The number of halogens is 4. The minimum atomic E-state index is -3.35. The minimum absolute atomic E-state index is 0.322. The third kappa shape index (κ3) is 6.11. The molecule has 0 aromatic heterocycles. The maximum atomic E-state index is 14.6. The highest BCUT2D eigenvalue weighted by atomic mass is 19.3. The number of rotatable bonds is 8. The number of hydrogen-bond acceptors (Lipinski definition) is 1. The first-order valence-electron chi connectivity index (χ1n) is 11.4. The fourth-order valence-corrected chi connectivity index (χ4v) is 5.34. The molecule has 2 aliphatic carbocycles. The van der Waals surface area contributed by atoms with Crippen LogP contribution in [-0.4, -0.2) is 6.11 Å². The van der Waals surface area contributed by atoms with Gasteiger partial charge < -0.3 is 4.74 Å². The summed E-state index contributed by atoms with van der Waals surface area (Å²) in [5.74, 6) is -1.34. The van der Waals surface area contributed by atoms with Gasteiger partial charge in [-0.3, -0.25) is 0 Å². The third-order valence-corrected chi connectivity index (χ3v) is 7.17. The molecule has 1 aromatic carbocycles. The summed E-state index contributed by atoms with van der Waals surface area (Å²) in [7, 11) is 0. The Kier molecular flexibility index (Phi) is 7.86. The first kappa shape index (κ1) is 22.4. The molecule has 1 aromatic rings. The highest BCUT2D eigenvalue weighted by molar-refractivity contribution is 5.24. The summed E-state index contributed by atoms with van der Waals surface area (Å²) in [6.45, 7) is 2.24. The Morgan fingerprint density at radius 2 is 1.48 bits per heavy atom. The molecule has 0 heterocycles. The first-order valence-corrected chi connectivity index (χ1v) is 11.4. The number of hydrogen-bond donors (Lipinski definition) is 0. The van der Waals surface area contributed by atoms with Crippen molar-refractivity contribution >= 4 is 0 Å². The molecule has 0 spiro atoms. The van der Waals surface area contributed by atoms with Crippen molar-refractivity contribution in [1.29, 1.82) is 0 Å². The van der Waals surface area contributed by atoms with E-state index in [1.54, 1.807) is 0 Å². The molecule has 2 fully saturated rings. The van der Waals surface area contributed by atoms with Crippen LogP contribution in [0.3, 0.4) is 0 Å². The maximum absolute atomic E-state index is 14.6. The molecule has 29 heavy (non-hydrogen) atoms. The fraction of sp³-hybridized carbons (Fsp3) is 0.750. The molecule has 5 heteroatoms. The quantitative estimate of drug-likeness (QED) is 0.308. The van der Waals surface area contributed by atoms with Crippen molar-refractivity contribution in [1.82, 2.24) is 0 Å². The number of ether oxygens (including phenoxy) is 1. The molecule has 0 radical (unpaired) electrons. The van der Waals surface area contributed by atoms with Crippen LogP contribution in [0.15, 0.2) is 18.2 Å². The second-order valence-corrected chi connectivity index (χ2v) is 9.13. The predicted octanol–water partition coefficient (Wildman–Crippen LogP) is 8.13.